The lowest BCUT2D eigenvalue weighted by atomic mass is 9.96. The number of nitrogens with zero attached hydrogens (tertiary/aromatic N) is 3. The number of amides is 2. The summed E-state index contributed by atoms with van der Waals surface area (Å²) in [6.07, 6.45) is 2.22. The number of anilines is 1. The first kappa shape index (κ1) is 30.1. The third-order valence-corrected chi connectivity index (χ3v) is 7.63. The monoisotopic (exact) mass is 603 g/mol. The molecule has 1 aliphatic heterocycles. The molecule has 43 heavy (non-hydrogen) atoms. The Balaban J connectivity index is 1.15. The number of aromatic nitrogens is 2. The molecule has 0 aliphatic carbocycles. The van der Waals surface area contributed by atoms with Gasteiger partial charge >= 0.3 is 0 Å². The van der Waals surface area contributed by atoms with Crippen LogP contribution in [0.4, 0.5) is 5.69 Å². The SMILES string of the molecule is COc1ccc(CCNC(=O)c2ccccc2NC(=O)C2CCCN(Cc3nc(-c4ccc(Cl)cc4)no3)C2)cc1OC. The number of hydrogen-bond donors (Lipinski definition) is 2. The summed E-state index contributed by atoms with van der Waals surface area (Å²) in [6.45, 7) is 2.23. The van der Waals surface area contributed by atoms with E-state index < -0.39 is 0 Å². The van der Waals surface area contributed by atoms with Crippen LogP contribution >= 0.6 is 11.6 Å². The second-order valence-electron chi connectivity index (χ2n) is 10.3. The second-order valence-corrected chi connectivity index (χ2v) is 10.8. The van der Waals surface area contributed by atoms with Gasteiger partial charge in [-0.2, -0.15) is 4.98 Å². The molecular weight excluding hydrogens is 570 g/mol. The lowest BCUT2D eigenvalue weighted by Gasteiger charge is -2.31. The van der Waals surface area contributed by atoms with Crippen molar-refractivity contribution < 1.29 is 23.6 Å². The summed E-state index contributed by atoms with van der Waals surface area (Å²) in [6, 6.07) is 20.0. The van der Waals surface area contributed by atoms with Crippen molar-refractivity contribution >= 4 is 29.1 Å². The lowest BCUT2D eigenvalue weighted by molar-refractivity contribution is -0.121. The van der Waals surface area contributed by atoms with Gasteiger partial charge in [-0.25, -0.2) is 0 Å². The molecular formula is C32H34ClN5O5. The number of benzene rings is 3. The standard InChI is InChI=1S/C32H34ClN5O5/c1-41-27-14-9-21(18-28(27)42-2)15-16-34-32(40)25-7-3-4-8-26(25)35-31(39)23-6-5-17-38(19-23)20-29-36-30(37-43-29)22-10-12-24(33)13-11-22/h3-4,7-14,18,23H,5-6,15-17,19-20H2,1-2H3,(H,34,40)(H,35,39). The van der Waals surface area contributed by atoms with Crippen LogP contribution in [0.15, 0.2) is 71.3 Å². The van der Waals surface area contributed by atoms with Crippen LogP contribution in [0.1, 0.15) is 34.7 Å². The van der Waals surface area contributed by atoms with Gasteiger partial charge in [-0.15, -0.1) is 0 Å². The molecule has 0 bridgehead atoms. The molecule has 0 radical (unpaired) electrons. The first-order chi connectivity index (χ1) is 20.9. The van der Waals surface area contributed by atoms with Crippen LogP contribution in [0.5, 0.6) is 11.5 Å². The van der Waals surface area contributed by atoms with Crippen molar-refractivity contribution in [2.75, 3.05) is 39.2 Å². The molecule has 3 aromatic carbocycles. The number of carbonyl (C=O) groups excluding carboxylic acids is 2. The minimum atomic E-state index is -0.255. The minimum Gasteiger partial charge on any atom is -0.493 e. The number of methoxy groups -OCH3 is 2. The van der Waals surface area contributed by atoms with Crippen molar-refractivity contribution in [2.24, 2.45) is 5.92 Å². The summed E-state index contributed by atoms with van der Waals surface area (Å²) in [7, 11) is 3.18. The summed E-state index contributed by atoms with van der Waals surface area (Å²) >= 11 is 5.98. The van der Waals surface area contributed by atoms with Gasteiger partial charge in [0.1, 0.15) is 0 Å². The van der Waals surface area contributed by atoms with Crippen molar-refractivity contribution in [3.8, 4) is 22.9 Å². The fraction of sp³-hybridized carbons (Fsp3) is 0.312. The van der Waals surface area contributed by atoms with Crippen molar-refractivity contribution in [3.05, 3.63) is 88.8 Å². The second kappa shape index (κ2) is 14.2. The smallest absolute Gasteiger partial charge is 0.253 e. The molecule has 2 N–H and O–H groups in total. The first-order valence-electron chi connectivity index (χ1n) is 14.1. The average Bonchev–Trinajstić information content (AvgIpc) is 3.50. The normalized spacial score (nSPS) is 15.1. The highest BCUT2D eigenvalue weighted by molar-refractivity contribution is 6.30. The van der Waals surface area contributed by atoms with Gasteiger partial charge in [-0.05, 0) is 79.9 Å². The van der Waals surface area contributed by atoms with Crippen molar-refractivity contribution in [2.45, 2.75) is 25.8 Å². The highest BCUT2D eigenvalue weighted by atomic mass is 35.5. The number of carbonyl (C=O) groups is 2. The number of nitrogens with one attached hydrogen (secondary N) is 2. The van der Waals surface area contributed by atoms with E-state index in [1.807, 2.05) is 30.3 Å². The summed E-state index contributed by atoms with van der Waals surface area (Å²) < 4.78 is 16.1. The summed E-state index contributed by atoms with van der Waals surface area (Å²) in [5.41, 5.74) is 2.72. The molecule has 1 unspecified atom stereocenters. The van der Waals surface area contributed by atoms with Crippen LogP contribution in [0.3, 0.4) is 0 Å². The molecule has 5 rings (SSSR count). The van der Waals surface area contributed by atoms with E-state index >= 15 is 0 Å². The van der Waals surface area contributed by atoms with E-state index in [9.17, 15) is 9.59 Å². The fourth-order valence-corrected chi connectivity index (χ4v) is 5.24. The van der Waals surface area contributed by atoms with Gasteiger partial charge in [-0.1, -0.05) is 35.0 Å². The van der Waals surface area contributed by atoms with Gasteiger partial charge < -0.3 is 24.6 Å². The number of ether oxygens (including phenoxy) is 2. The molecule has 4 aromatic rings. The van der Waals surface area contributed by atoms with Gasteiger partial charge in [0.15, 0.2) is 11.5 Å². The molecule has 224 valence electrons. The number of para-hydroxylation sites is 1. The molecule has 2 heterocycles. The van der Waals surface area contributed by atoms with Gasteiger partial charge in [0, 0.05) is 23.7 Å². The van der Waals surface area contributed by atoms with E-state index in [1.165, 1.54) is 0 Å². The van der Waals surface area contributed by atoms with E-state index in [0.29, 0.717) is 65.5 Å². The molecule has 0 saturated carbocycles. The van der Waals surface area contributed by atoms with E-state index in [-0.39, 0.29) is 17.7 Å². The average molecular weight is 604 g/mol. The highest BCUT2D eigenvalue weighted by Gasteiger charge is 2.28. The Labute approximate surface area is 255 Å². The zero-order valence-electron chi connectivity index (χ0n) is 24.1. The molecule has 10 nitrogen and oxygen atoms in total. The van der Waals surface area contributed by atoms with Crippen LogP contribution in [-0.4, -0.2) is 60.7 Å². The summed E-state index contributed by atoms with van der Waals surface area (Å²) in [5.74, 6) is 1.66. The Bertz CT molecular complexity index is 1560. The van der Waals surface area contributed by atoms with Crippen LogP contribution in [-0.2, 0) is 17.8 Å². The summed E-state index contributed by atoms with van der Waals surface area (Å²) in [4.78, 5) is 33.0. The number of rotatable bonds is 11. The zero-order chi connectivity index (χ0) is 30.2. The molecule has 1 saturated heterocycles. The van der Waals surface area contributed by atoms with Crippen LogP contribution in [0.2, 0.25) is 5.02 Å². The Hall–Kier alpha value is -4.41. The van der Waals surface area contributed by atoms with Crippen LogP contribution in [0.25, 0.3) is 11.4 Å². The van der Waals surface area contributed by atoms with Crippen LogP contribution in [0, 0.1) is 5.92 Å². The van der Waals surface area contributed by atoms with E-state index in [0.717, 1.165) is 30.5 Å². The largest absolute Gasteiger partial charge is 0.493 e. The quantitative estimate of drug-likeness (QED) is 0.239. The van der Waals surface area contributed by atoms with Gasteiger partial charge in [0.2, 0.25) is 17.6 Å². The van der Waals surface area contributed by atoms with Gasteiger partial charge in [0.05, 0.1) is 37.9 Å². The van der Waals surface area contributed by atoms with E-state index in [2.05, 4.69) is 25.7 Å². The molecule has 1 aliphatic rings. The maximum Gasteiger partial charge on any atom is 0.253 e. The van der Waals surface area contributed by atoms with Crippen molar-refractivity contribution in [3.63, 3.8) is 0 Å². The summed E-state index contributed by atoms with van der Waals surface area (Å²) in [5, 5.41) is 10.7. The maximum atomic E-state index is 13.3. The Morgan fingerprint density at radius 3 is 2.63 bits per heavy atom. The van der Waals surface area contributed by atoms with Gasteiger partial charge in [-0.3, -0.25) is 14.5 Å². The van der Waals surface area contributed by atoms with E-state index in [1.54, 1.807) is 50.6 Å². The Kier molecular flexibility index (Phi) is 9.91. The highest BCUT2D eigenvalue weighted by Crippen LogP contribution is 2.28. The number of likely N-dealkylation sites (tertiary alicyclic amines) is 1. The third kappa shape index (κ3) is 7.71. The number of piperidine rings is 1. The molecule has 1 fully saturated rings. The maximum absolute atomic E-state index is 13.3. The number of halogens is 1. The molecule has 11 heteroatoms. The first-order valence-corrected chi connectivity index (χ1v) is 14.5. The fourth-order valence-electron chi connectivity index (χ4n) is 5.12. The topological polar surface area (TPSA) is 119 Å². The molecule has 2 amide bonds. The minimum absolute atomic E-state index is 0.123. The van der Waals surface area contributed by atoms with Gasteiger partial charge in [0.25, 0.3) is 5.91 Å². The Morgan fingerprint density at radius 1 is 1.05 bits per heavy atom. The Morgan fingerprint density at radius 2 is 1.84 bits per heavy atom. The van der Waals surface area contributed by atoms with Crippen LogP contribution < -0.4 is 20.1 Å². The lowest BCUT2D eigenvalue weighted by Crippen LogP contribution is -2.40. The van der Waals surface area contributed by atoms with E-state index in [4.69, 9.17) is 25.6 Å². The molecule has 1 aromatic heterocycles. The van der Waals surface area contributed by atoms with Crippen molar-refractivity contribution in [1.29, 1.82) is 0 Å². The number of hydrogen-bond acceptors (Lipinski definition) is 8. The zero-order valence-corrected chi connectivity index (χ0v) is 24.9. The molecule has 0 spiro atoms. The third-order valence-electron chi connectivity index (χ3n) is 7.38. The molecule has 1 atom stereocenters. The predicted molar refractivity (Wildman–Crippen MR) is 163 cm³/mol. The van der Waals surface area contributed by atoms with Crippen molar-refractivity contribution in [1.82, 2.24) is 20.4 Å². The predicted octanol–water partition coefficient (Wildman–Crippen LogP) is 5.23.